The number of carboxylic acids is 1. The summed E-state index contributed by atoms with van der Waals surface area (Å²) in [6.07, 6.45) is 0.592. The lowest BCUT2D eigenvalue weighted by Crippen LogP contribution is -2.17. The topological polar surface area (TPSA) is 67.8 Å². The van der Waals surface area contributed by atoms with Gasteiger partial charge in [0.05, 0.1) is 5.92 Å². The van der Waals surface area contributed by atoms with Crippen molar-refractivity contribution in [2.24, 2.45) is 5.92 Å². The molecule has 0 spiro atoms. The highest BCUT2D eigenvalue weighted by Gasteiger charge is 2.33. The zero-order valence-corrected chi connectivity index (χ0v) is 10.1. The van der Waals surface area contributed by atoms with Crippen LogP contribution < -0.4 is 14.8 Å². The first-order valence-electron chi connectivity index (χ1n) is 6.01. The molecule has 5 heteroatoms. The maximum absolute atomic E-state index is 11.0. The van der Waals surface area contributed by atoms with Gasteiger partial charge in [-0.15, -0.1) is 0 Å². The van der Waals surface area contributed by atoms with E-state index in [2.05, 4.69) is 5.32 Å². The lowest BCUT2D eigenvalue weighted by Gasteiger charge is -2.14. The van der Waals surface area contributed by atoms with Gasteiger partial charge >= 0.3 is 5.97 Å². The standard InChI is InChI=1S/C13H15NO4/c1-7-2-9(12-11(3-7)17-6-18-12)10-4-8(5-14-10)13(15)16/h2-3,8,10,14H,4-6H2,1H3,(H,15,16). The van der Waals surface area contributed by atoms with Crippen LogP contribution in [0.5, 0.6) is 11.5 Å². The summed E-state index contributed by atoms with van der Waals surface area (Å²) in [4.78, 5) is 11.0. The third-order valence-corrected chi connectivity index (χ3v) is 3.50. The van der Waals surface area contributed by atoms with Crippen LogP contribution in [0.2, 0.25) is 0 Å². The SMILES string of the molecule is Cc1cc2c(c(C3CC(C(=O)O)CN3)c1)OCO2. The summed E-state index contributed by atoms with van der Waals surface area (Å²) in [5.74, 6) is 0.440. The Morgan fingerprint density at radius 3 is 3.00 bits per heavy atom. The molecule has 1 aromatic rings. The Kier molecular flexibility index (Phi) is 2.63. The van der Waals surface area contributed by atoms with Gasteiger partial charge in [0.15, 0.2) is 11.5 Å². The number of fused-ring (bicyclic) bond motifs is 1. The Labute approximate surface area is 105 Å². The first-order valence-corrected chi connectivity index (χ1v) is 6.01. The molecule has 0 amide bonds. The third kappa shape index (κ3) is 1.80. The van der Waals surface area contributed by atoms with Crippen molar-refractivity contribution in [2.45, 2.75) is 19.4 Å². The van der Waals surface area contributed by atoms with Crippen molar-refractivity contribution >= 4 is 5.97 Å². The molecule has 0 aliphatic carbocycles. The number of aliphatic carboxylic acids is 1. The predicted octanol–water partition coefficient (Wildman–Crippen LogP) is 1.46. The molecule has 1 fully saturated rings. The molecule has 2 heterocycles. The molecule has 0 bridgehead atoms. The summed E-state index contributed by atoms with van der Waals surface area (Å²) in [6.45, 7) is 2.74. The van der Waals surface area contributed by atoms with Crippen LogP contribution in [0.15, 0.2) is 12.1 Å². The zero-order valence-electron chi connectivity index (χ0n) is 10.1. The van der Waals surface area contributed by atoms with Crippen LogP contribution in [0.1, 0.15) is 23.6 Å². The largest absolute Gasteiger partial charge is 0.481 e. The van der Waals surface area contributed by atoms with Gasteiger partial charge in [0.25, 0.3) is 0 Å². The molecule has 18 heavy (non-hydrogen) atoms. The number of carboxylic acid groups (broad SMARTS) is 1. The Balaban J connectivity index is 1.91. The number of carbonyl (C=O) groups is 1. The van der Waals surface area contributed by atoms with E-state index in [1.54, 1.807) is 0 Å². The van der Waals surface area contributed by atoms with E-state index in [0.29, 0.717) is 13.0 Å². The van der Waals surface area contributed by atoms with Crippen molar-refractivity contribution in [2.75, 3.05) is 13.3 Å². The summed E-state index contributed by atoms with van der Waals surface area (Å²) in [5.41, 5.74) is 2.10. The Morgan fingerprint density at radius 1 is 1.44 bits per heavy atom. The third-order valence-electron chi connectivity index (χ3n) is 3.50. The second-order valence-electron chi connectivity index (χ2n) is 4.82. The number of hydrogen-bond acceptors (Lipinski definition) is 4. The minimum atomic E-state index is -0.744. The van der Waals surface area contributed by atoms with Crippen LogP contribution in [0.4, 0.5) is 0 Å². The second kappa shape index (κ2) is 4.17. The molecule has 2 unspecified atom stereocenters. The lowest BCUT2D eigenvalue weighted by molar-refractivity contribution is -0.141. The average Bonchev–Trinajstić information content (AvgIpc) is 2.95. The van der Waals surface area contributed by atoms with E-state index in [0.717, 1.165) is 22.6 Å². The molecule has 2 aliphatic rings. The smallest absolute Gasteiger partial charge is 0.307 e. The van der Waals surface area contributed by atoms with E-state index in [9.17, 15) is 4.79 Å². The first-order chi connectivity index (χ1) is 8.65. The molecule has 3 rings (SSSR count). The Hall–Kier alpha value is -1.75. The maximum Gasteiger partial charge on any atom is 0.307 e. The summed E-state index contributed by atoms with van der Waals surface area (Å²) in [7, 11) is 0. The summed E-state index contributed by atoms with van der Waals surface area (Å²) in [5, 5.41) is 12.3. The fourth-order valence-electron chi connectivity index (χ4n) is 2.60. The molecular weight excluding hydrogens is 234 g/mol. The van der Waals surface area contributed by atoms with E-state index in [-0.39, 0.29) is 18.8 Å². The Morgan fingerprint density at radius 2 is 2.28 bits per heavy atom. The van der Waals surface area contributed by atoms with E-state index in [1.165, 1.54) is 0 Å². The van der Waals surface area contributed by atoms with Crippen molar-refractivity contribution in [3.8, 4) is 11.5 Å². The molecule has 2 aliphatic heterocycles. The number of hydrogen-bond donors (Lipinski definition) is 2. The van der Waals surface area contributed by atoms with Gasteiger partial charge in [0.1, 0.15) is 0 Å². The van der Waals surface area contributed by atoms with Gasteiger partial charge in [-0.25, -0.2) is 0 Å². The fraction of sp³-hybridized carbons (Fsp3) is 0.462. The van der Waals surface area contributed by atoms with Crippen molar-refractivity contribution < 1.29 is 19.4 Å². The number of aryl methyl sites for hydroxylation is 1. The minimum Gasteiger partial charge on any atom is -0.481 e. The second-order valence-corrected chi connectivity index (χ2v) is 4.82. The highest BCUT2D eigenvalue weighted by Crippen LogP contribution is 2.42. The molecule has 5 nitrogen and oxygen atoms in total. The highest BCUT2D eigenvalue weighted by atomic mass is 16.7. The van der Waals surface area contributed by atoms with Gasteiger partial charge in [-0.05, 0) is 25.0 Å². The first kappa shape index (κ1) is 11.3. The monoisotopic (exact) mass is 249 g/mol. The molecule has 1 saturated heterocycles. The summed E-state index contributed by atoms with van der Waals surface area (Å²) in [6, 6.07) is 4.01. The molecule has 0 saturated carbocycles. The molecule has 0 aromatic heterocycles. The molecule has 2 atom stereocenters. The molecule has 96 valence electrons. The van der Waals surface area contributed by atoms with Gasteiger partial charge in [0.2, 0.25) is 6.79 Å². The Bertz CT molecular complexity index is 500. The lowest BCUT2D eigenvalue weighted by atomic mass is 9.97. The van der Waals surface area contributed by atoms with Crippen LogP contribution in [-0.2, 0) is 4.79 Å². The number of ether oxygens (including phenoxy) is 2. The maximum atomic E-state index is 11.0. The summed E-state index contributed by atoms with van der Waals surface area (Å²) >= 11 is 0. The molecule has 2 N–H and O–H groups in total. The van der Waals surface area contributed by atoms with Crippen LogP contribution in [0.25, 0.3) is 0 Å². The van der Waals surface area contributed by atoms with Gasteiger partial charge < -0.3 is 19.9 Å². The zero-order chi connectivity index (χ0) is 12.7. The van der Waals surface area contributed by atoms with E-state index in [1.807, 2.05) is 19.1 Å². The highest BCUT2D eigenvalue weighted by molar-refractivity contribution is 5.71. The van der Waals surface area contributed by atoms with E-state index < -0.39 is 5.97 Å². The minimum absolute atomic E-state index is 0.0291. The number of rotatable bonds is 2. The summed E-state index contributed by atoms with van der Waals surface area (Å²) < 4.78 is 10.9. The van der Waals surface area contributed by atoms with Crippen molar-refractivity contribution in [3.05, 3.63) is 23.3 Å². The van der Waals surface area contributed by atoms with Crippen LogP contribution >= 0.6 is 0 Å². The number of benzene rings is 1. The van der Waals surface area contributed by atoms with E-state index in [4.69, 9.17) is 14.6 Å². The van der Waals surface area contributed by atoms with Crippen LogP contribution in [0, 0.1) is 12.8 Å². The molecule has 1 aromatic carbocycles. The van der Waals surface area contributed by atoms with Gasteiger partial charge in [-0.3, -0.25) is 4.79 Å². The van der Waals surface area contributed by atoms with Gasteiger partial charge in [0, 0.05) is 18.2 Å². The number of nitrogens with one attached hydrogen (secondary N) is 1. The van der Waals surface area contributed by atoms with Crippen molar-refractivity contribution in [1.29, 1.82) is 0 Å². The van der Waals surface area contributed by atoms with Crippen LogP contribution in [0.3, 0.4) is 0 Å². The van der Waals surface area contributed by atoms with Crippen LogP contribution in [-0.4, -0.2) is 24.4 Å². The average molecular weight is 249 g/mol. The molecule has 0 radical (unpaired) electrons. The van der Waals surface area contributed by atoms with Crippen molar-refractivity contribution in [1.82, 2.24) is 5.32 Å². The quantitative estimate of drug-likeness (QED) is 0.830. The van der Waals surface area contributed by atoms with Gasteiger partial charge in [-0.2, -0.15) is 0 Å². The fourth-order valence-corrected chi connectivity index (χ4v) is 2.60. The predicted molar refractivity (Wildman–Crippen MR) is 63.8 cm³/mol. The van der Waals surface area contributed by atoms with Crippen molar-refractivity contribution in [3.63, 3.8) is 0 Å². The van der Waals surface area contributed by atoms with Gasteiger partial charge in [-0.1, -0.05) is 6.07 Å². The normalized spacial score (nSPS) is 25.4. The van der Waals surface area contributed by atoms with E-state index >= 15 is 0 Å². The molecular formula is C13H15NO4.